The van der Waals surface area contributed by atoms with E-state index in [0.29, 0.717) is 19.4 Å². The number of nitrogens with one attached hydrogen (secondary N) is 1. The van der Waals surface area contributed by atoms with Crippen LogP contribution in [-0.4, -0.2) is 80.9 Å². The standard InChI is InChI=1S/C27H30F3N3O8/c1-3-32-19-13-8-10-7-12-17(15(34)9-11(14-5-4-6-33(14)2)22(12)41-27(28,29)30)20(35)16(10)23(37)26(13,40)24(38)18(21(19)36)25(31)39/h9-10,13-14,19,32,34-35,38,40H,3-8H2,1-2H3,(H2,31,39)/t10-,13-,14-,19-,26-/m0/s1. The number of Topliss-reactive ketones (excluding diaryl/α,β-unsaturated/α-hetero) is 2. The molecule has 222 valence electrons. The number of carbonyl (C=O) groups excluding carboxylic acids is 3. The topological polar surface area (TPSA) is 183 Å². The van der Waals surface area contributed by atoms with E-state index in [0.717, 1.165) is 6.07 Å². The summed E-state index contributed by atoms with van der Waals surface area (Å²) in [5, 5.41) is 47.5. The number of benzene rings is 1. The summed E-state index contributed by atoms with van der Waals surface area (Å²) in [5.41, 5.74) is 0.427. The molecule has 0 aromatic heterocycles. The Balaban J connectivity index is 1.73. The van der Waals surface area contributed by atoms with E-state index in [1.165, 1.54) is 0 Å². The number of carbonyl (C=O) groups is 3. The SMILES string of the molecule is CCN[C@@H]1C(=O)C(C(N)=O)=C(O)[C@@]2(O)C(=O)C3=C(O)c4c(O)cc([C@@H]5CCCN5C)c(OC(F)(F)F)c4C[C@H]3C[C@@H]12. The predicted molar refractivity (Wildman–Crippen MR) is 136 cm³/mol. The first kappa shape index (κ1) is 28.9. The van der Waals surface area contributed by atoms with Gasteiger partial charge in [-0.15, -0.1) is 13.2 Å². The first-order valence-corrected chi connectivity index (χ1v) is 13.2. The zero-order valence-electron chi connectivity index (χ0n) is 22.2. The van der Waals surface area contributed by atoms with E-state index in [2.05, 4.69) is 10.1 Å². The van der Waals surface area contributed by atoms with E-state index in [1.807, 2.05) is 4.90 Å². The number of fused-ring (bicyclic) bond motifs is 3. The van der Waals surface area contributed by atoms with Gasteiger partial charge in [0.05, 0.1) is 11.6 Å². The Labute approximate surface area is 232 Å². The van der Waals surface area contributed by atoms with E-state index in [9.17, 15) is 48.0 Å². The molecule has 14 heteroatoms. The number of aliphatic hydroxyl groups excluding tert-OH is 2. The lowest BCUT2D eigenvalue weighted by Crippen LogP contribution is -2.66. The number of likely N-dealkylation sites (tertiary alicyclic amines) is 1. The number of ketones is 2. The van der Waals surface area contributed by atoms with Gasteiger partial charge in [-0.2, -0.15) is 0 Å². The molecule has 1 amide bonds. The van der Waals surface area contributed by atoms with Crippen molar-refractivity contribution < 1.29 is 52.7 Å². The number of rotatable bonds is 5. The van der Waals surface area contributed by atoms with Crippen molar-refractivity contribution in [2.24, 2.45) is 17.6 Å². The van der Waals surface area contributed by atoms with Gasteiger partial charge in [0.15, 0.2) is 11.4 Å². The number of phenolic OH excluding ortho intramolecular Hbond substituents is 1. The highest BCUT2D eigenvalue weighted by atomic mass is 19.4. The smallest absolute Gasteiger partial charge is 0.508 e. The monoisotopic (exact) mass is 581 g/mol. The summed E-state index contributed by atoms with van der Waals surface area (Å²) in [4.78, 5) is 40.9. The molecule has 41 heavy (non-hydrogen) atoms. The summed E-state index contributed by atoms with van der Waals surface area (Å²) in [6, 6.07) is -0.801. The second-order valence-corrected chi connectivity index (χ2v) is 10.9. The molecule has 11 nitrogen and oxygen atoms in total. The number of ether oxygens (including phenoxy) is 1. The number of hydrogen-bond donors (Lipinski definition) is 6. The van der Waals surface area contributed by atoms with Gasteiger partial charge in [-0.25, -0.2) is 0 Å². The number of hydrogen-bond acceptors (Lipinski definition) is 10. The predicted octanol–water partition coefficient (Wildman–Crippen LogP) is 1.68. The highest BCUT2D eigenvalue weighted by molar-refractivity contribution is 6.24. The number of phenols is 1. The molecule has 1 aliphatic heterocycles. The van der Waals surface area contributed by atoms with E-state index in [-0.39, 0.29) is 30.5 Å². The van der Waals surface area contributed by atoms with E-state index in [4.69, 9.17) is 5.73 Å². The molecule has 1 saturated carbocycles. The van der Waals surface area contributed by atoms with Crippen LogP contribution >= 0.6 is 0 Å². The molecule has 7 N–H and O–H groups in total. The number of aliphatic hydroxyl groups is 3. The number of amides is 1. The van der Waals surface area contributed by atoms with E-state index >= 15 is 0 Å². The lowest BCUT2D eigenvalue weighted by Gasteiger charge is -2.49. The second kappa shape index (κ2) is 9.74. The lowest BCUT2D eigenvalue weighted by atomic mass is 9.57. The summed E-state index contributed by atoms with van der Waals surface area (Å²) < 4.78 is 45.6. The van der Waals surface area contributed by atoms with Crippen LogP contribution in [0, 0.1) is 11.8 Å². The number of halogens is 3. The average molecular weight is 582 g/mol. The largest absolute Gasteiger partial charge is 0.573 e. The number of aromatic hydroxyl groups is 1. The minimum Gasteiger partial charge on any atom is -0.508 e. The molecule has 1 heterocycles. The molecule has 2 fully saturated rings. The van der Waals surface area contributed by atoms with Crippen molar-refractivity contribution in [3.63, 3.8) is 0 Å². The zero-order valence-corrected chi connectivity index (χ0v) is 22.2. The minimum atomic E-state index is -5.12. The van der Waals surface area contributed by atoms with Gasteiger partial charge in [0.1, 0.15) is 28.6 Å². The molecule has 0 spiro atoms. The third-order valence-corrected chi connectivity index (χ3v) is 8.70. The van der Waals surface area contributed by atoms with Gasteiger partial charge in [0.2, 0.25) is 5.78 Å². The molecule has 0 unspecified atom stereocenters. The van der Waals surface area contributed by atoms with Gasteiger partial charge >= 0.3 is 6.36 Å². The van der Waals surface area contributed by atoms with Crippen molar-refractivity contribution >= 4 is 23.2 Å². The van der Waals surface area contributed by atoms with Crippen molar-refractivity contribution in [3.05, 3.63) is 39.7 Å². The molecule has 5 rings (SSSR count). The Bertz CT molecular complexity index is 1420. The zero-order chi connectivity index (χ0) is 30.2. The molecule has 1 aromatic carbocycles. The highest BCUT2D eigenvalue weighted by Gasteiger charge is 2.63. The van der Waals surface area contributed by atoms with E-state index < -0.39 is 93.1 Å². The first-order valence-electron chi connectivity index (χ1n) is 13.2. The van der Waals surface area contributed by atoms with Crippen LogP contribution in [0.2, 0.25) is 0 Å². The van der Waals surface area contributed by atoms with E-state index in [1.54, 1.807) is 14.0 Å². The Kier molecular flexibility index (Phi) is 6.86. The average Bonchev–Trinajstić information content (AvgIpc) is 3.29. The first-order chi connectivity index (χ1) is 19.1. The maximum absolute atomic E-state index is 13.9. The highest BCUT2D eigenvalue weighted by Crippen LogP contribution is 2.55. The third kappa shape index (κ3) is 4.27. The van der Waals surface area contributed by atoms with Crippen LogP contribution in [0.4, 0.5) is 13.2 Å². The number of nitrogens with two attached hydrogens (primary N) is 1. The Morgan fingerprint density at radius 3 is 2.51 bits per heavy atom. The van der Waals surface area contributed by atoms with Gasteiger partial charge in [-0.3, -0.25) is 19.3 Å². The van der Waals surface area contributed by atoms with Crippen LogP contribution in [0.25, 0.3) is 5.76 Å². The van der Waals surface area contributed by atoms with Gasteiger partial charge in [-0.1, -0.05) is 6.92 Å². The molecule has 4 aliphatic rings. The molecule has 1 saturated heterocycles. The Morgan fingerprint density at radius 1 is 1.27 bits per heavy atom. The van der Waals surface area contributed by atoms with Crippen molar-refractivity contribution in [1.29, 1.82) is 0 Å². The number of alkyl halides is 3. The second-order valence-electron chi connectivity index (χ2n) is 10.9. The fraction of sp³-hybridized carbons (Fsp3) is 0.519. The van der Waals surface area contributed by atoms with Crippen molar-refractivity contribution in [3.8, 4) is 11.5 Å². The van der Waals surface area contributed by atoms with Crippen LogP contribution in [0.3, 0.4) is 0 Å². The quantitative estimate of drug-likeness (QED) is 0.280. The molecule has 3 aliphatic carbocycles. The van der Waals surface area contributed by atoms with Crippen molar-refractivity contribution in [2.75, 3.05) is 20.1 Å². The summed E-state index contributed by atoms with van der Waals surface area (Å²) in [5.74, 6) is -9.32. The maximum atomic E-state index is 13.9. The summed E-state index contributed by atoms with van der Waals surface area (Å²) in [6.45, 7) is 2.38. The fourth-order valence-corrected chi connectivity index (χ4v) is 6.99. The van der Waals surface area contributed by atoms with Crippen LogP contribution in [0.1, 0.15) is 48.9 Å². The van der Waals surface area contributed by atoms with Crippen LogP contribution < -0.4 is 15.8 Å². The Hall–Kier alpha value is -3.62. The fourth-order valence-electron chi connectivity index (χ4n) is 6.99. The number of primary amides is 1. The van der Waals surface area contributed by atoms with Gasteiger partial charge in [0, 0.05) is 28.7 Å². The van der Waals surface area contributed by atoms with Gasteiger partial charge in [0.25, 0.3) is 5.91 Å². The molecule has 0 radical (unpaired) electrons. The minimum absolute atomic E-state index is 0.0681. The summed E-state index contributed by atoms with van der Waals surface area (Å²) >= 11 is 0. The molecule has 5 atom stereocenters. The van der Waals surface area contributed by atoms with Crippen LogP contribution in [0.5, 0.6) is 11.5 Å². The van der Waals surface area contributed by atoms with Gasteiger partial charge < -0.3 is 36.2 Å². The van der Waals surface area contributed by atoms with Gasteiger partial charge in [-0.05, 0) is 57.8 Å². The third-order valence-electron chi connectivity index (χ3n) is 8.70. The normalized spacial score (nSPS) is 30.3. The summed E-state index contributed by atoms with van der Waals surface area (Å²) in [7, 11) is 1.73. The summed E-state index contributed by atoms with van der Waals surface area (Å²) in [6.07, 6.45) is -4.52. The van der Waals surface area contributed by atoms with Crippen LogP contribution in [-0.2, 0) is 20.8 Å². The molecule has 0 bridgehead atoms. The van der Waals surface area contributed by atoms with Crippen molar-refractivity contribution in [2.45, 2.75) is 56.7 Å². The molecular weight excluding hydrogens is 551 g/mol. The maximum Gasteiger partial charge on any atom is 0.573 e. The van der Waals surface area contributed by atoms with Crippen molar-refractivity contribution in [1.82, 2.24) is 10.2 Å². The molecule has 1 aromatic rings. The number of likely N-dealkylation sites (N-methyl/N-ethyl adjacent to an activating group) is 1. The van der Waals surface area contributed by atoms with Crippen LogP contribution in [0.15, 0.2) is 23.0 Å². The lowest BCUT2D eigenvalue weighted by molar-refractivity contribution is -0.275. The number of nitrogens with zero attached hydrogens (tertiary/aromatic N) is 1. The molecular formula is C27H30F3N3O8. The Morgan fingerprint density at radius 2 is 1.95 bits per heavy atom.